The van der Waals surface area contributed by atoms with E-state index in [2.05, 4.69) is 46.9 Å². The summed E-state index contributed by atoms with van der Waals surface area (Å²) in [6, 6.07) is 0.422. The van der Waals surface area contributed by atoms with Crippen molar-refractivity contribution in [1.29, 1.82) is 0 Å². The Hall–Kier alpha value is -0.980. The summed E-state index contributed by atoms with van der Waals surface area (Å²) in [6.45, 7) is 24.9. The van der Waals surface area contributed by atoms with Crippen LogP contribution in [0.2, 0.25) is 0 Å². The summed E-state index contributed by atoms with van der Waals surface area (Å²) >= 11 is 0. The monoisotopic (exact) mass is 470 g/mol. The van der Waals surface area contributed by atoms with Gasteiger partial charge in [-0.3, -0.25) is 4.79 Å². The van der Waals surface area contributed by atoms with E-state index in [9.17, 15) is 9.59 Å². The molecule has 0 bridgehead atoms. The van der Waals surface area contributed by atoms with Gasteiger partial charge in [0.15, 0.2) is 0 Å². The molecule has 196 valence electrons. The molecule has 0 aromatic heterocycles. The molecule has 0 rings (SSSR count). The van der Waals surface area contributed by atoms with Gasteiger partial charge in [0.25, 0.3) is 0 Å². The zero-order valence-corrected chi connectivity index (χ0v) is 23.8. The van der Waals surface area contributed by atoms with Gasteiger partial charge in [-0.25, -0.2) is 0 Å². The van der Waals surface area contributed by atoms with Gasteiger partial charge in [-0.2, -0.15) is 0 Å². The maximum Gasteiger partial charge on any atom is 0.225 e. The zero-order valence-electron chi connectivity index (χ0n) is 23.8. The zero-order chi connectivity index (χ0) is 26.1. The molecule has 0 aliphatic carbocycles. The first kappa shape index (κ1) is 32.0. The highest BCUT2D eigenvalue weighted by Gasteiger charge is 2.30. The summed E-state index contributed by atoms with van der Waals surface area (Å²) < 4.78 is 12.1. The third kappa shape index (κ3) is 14.8. The Bertz CT molecular complexity index is 613. The Labute approximate surface area is 204 Å². The maximum atomic E-state index is 12.9. The van der Waals surface area contributed by atoms with E-state index >= 15 is 0 Å². The van der Waals surface area contributed by atoms with Crippen molar-refractivity contribution in [3.05, 3.63) is 0 Å². The standard InChI is InChI=1S/C27H54N2O4/c1-13-27(11,28-21(2)3)14-15-33-26(9,10)17-23(31)29(12)18-25(7,8)20-32-19-24(5,6)16-22(4)30/h21,28H,13-20H2,1-12H3. The molecule has 0 aromatic carbocycles. The second-order valence-electron chi connectivity index (χ2n) is 12.7. The molecule has 0 fully saturated rings. The Kier molecular flexibility index (Phi) is 12.8. The van der Waals surface area contributed by atoms with E-state index in [0.29, 0.717) is 45.2 Å². The lowest BCUT2D eigenvalue weighted by atomic mass is 9.88. The first-order chi connectivity index (χ1) is 14.8. The summed E-state index contributed by atoms with van der Waals surface area (Å²) in [7, 11) is 1.85. The van der Waals surface area contributed by atoms with E-state index < -0.39 is 5.60 Å². The highest BCUT2D eigenvalue weighted by Crippen LogP contribution is 2.25. The highest BCUT2D eigenvalue weighted by atomic mass is 16.5. The Morgan fingerprint density at radius 3 is 1.97 bits per heavy atom. The average Bonchev–Trinajstić information content (AvgIpc) is 2.58. The molecular weight excluding hydrogens is 416 g/mol. The van der Waals surface area contributed by atoms with E-state index in [4.69, 9.17) is 9.47 Å². The van der Waals surface area contributed by atoms with Gasteiger partial charge in [0.1, 0.15) is 5.78 Å². The van der Waals surface area contributed by atoms with Crippen LogP contribution in [-0.4, -0.2) is 67.2 Å². The van der Waals surface area contributed by atoms with Crippen LogP contribution in [0, 0.1) is 10.8 Å². The van der Waals surface area contributed by atoms with Crippen molar-refractivity contribution < 1.29 is 19.1 Å². The predicted molar refractivity (Wildman–Crippen MR) is 138 cm³/mol. The molecule has 0 spiro atoms. The summed E-state index contributed by atoms with van der Waals surface area (Å²) in [5.74, 6) is 0.247. The van der Waals surface area contributed by atoms with Gasteiger partial charge in [-0.15, -0.1) is 0 Å². The molecule has 0 aliphatic rings. The number of nitrogens with zero attached hydrogens (tertiary/aromatic N) is 1. The summed E-state index contributed by atoms with van der Waals surface area (Å²) in [5, 5.41) is 3.63. The molecule has 0 saturated heterocycles. The minimum Gasteiger partial charge on any atom is -0.380 e. The predicted octanol–water partition coefficient (Wildman–Crippen LogP) is 5.24. The normalized spacial score (nSPS) is 14.9. The number of carbonyl (C=O) groups is 2. The quantitative estimate of drug-likeness (QED) is 0.315. The van der Waals surface area contributed by atoms with Crippen LogP contribution < -0.4 is 5.32 Å². The van der Waals surface area contributed by atoms with Crippen molar-refractivity contribution in [2.24, 2.45) is 10.8 Å². The van der Waals surface area contributed by atoms with Crippen LogP contribution >= 0.6 is 0 Å². The minimum atomic E-state index is -0.519. The molecular formula is C27H54N2O4. The van der Waals surface area contributed by atoms with Crippen LogP contribution in [0.5, 0.6) is 0 Å². The minimum absolute atomic E-state index is 0.0358. The smallest absolute Gasteiger partial charge is 0.225 e. The number of hydrogen-bond donors (Lipinski definition) is 1. The largest absolute Gasteiger partial charge is 0.380 e. The molecule has 1 unspecified atom stereocenters. The lowest BCUT2D eigenvalue weighted by Gasteiger charge is -2.35. The summed E-state index contributed by atoms with van der Waals surface area (Å²) in [6.07, 6.45) is 2.78. The third-order valence-corrected chi connectivity index (χ3v) is 5.95. The van der Waals surface area contributed by atoms with E-state index in [1.807, 2.05) is 34.7 Å². The molecule has 0 aromatic rings. The van der Waals surface area contributed by atoms with Gasteiger partial charge < -0.3 is 24.5 Å². The van der Waals surface area contributed by atoms with Crippen LogP contribution in [-0.2, 0) is 19.1 Å². The molecule has 1 amide bonds. The van der Waals surface area contributed by atoms with E-state index in [1.54, 1.807) is 11.8 Å². The van der Waals surface area contributed by atoms with E-state index in [-0.39, 0.29) is 28.1 Å². The molecule has 6 nitrogen and oxygen atoms in total. The molecule has 33 heavy (non-hydrogen) atoms. The number of hydrogen-bond acceptors (Lipinski definition) is 5. The Balaban J connectivity index is 4.62. The third-order valence-electron chi connectivity index (χ3n) is 5.95. The van der Waals surface area contributed by atoms with Gasteiger partial charge in [0.2, 0.25) is 5.91 Å². The Morgan fingerprint density at radius 1 is 0.939 bits per heavy atom. The fourth-order valence-corrected chi connectivity index (χ4v) is 4.26. The van der Waals surface area contributed by atoms with Crippen molar-refractivity contribution in [2.75, 3.05) is 33.4 Å². The number of ketones is 1. The van der Waals surface area contributed by atoms with Crippen LogP contribution in [0.15, 0.2) is 0 Å². The van der Waals surface area contributed by atoms with Crippen molar-refractivity contribution in [3.8, 4) is 0 Å². The van der Waals surface area contributed by atoms with Gasteiger partial charge >= 0.3 is 0 Å². The maximum absolute atomic E-state index is 12.9. The van der Waals surface area contributed by atoms with Crippen LogP contribution in [0.4, 0.5) is 0 Å². The van der Waals surface area contributed by atoms with Gasteiger partial charge in [0.05, 0.1) is 25.2 Å². The molecule has 6 heteroatoms. The second kappa shape index (κ2) is 13.2. The van der Waals surface area contributed by atoms with Crippen LogP contribution in [0.3, 0.4) is 0 Å². The number of amides is 1. The van der Waals surface area contributed by atoms with Crippen molar-refractivity contribution in [3.63, 3.8) is 0 Å². The number of nitrogens with one attached hydrogen (secondary N) is 1. The van der Waals surface area contributed by atoms with E-state index in [1.165, 1.54) is 0 Å². The lowest BCUT2D eigenvalue weighted by molar-refractivity contribution is -0.138. The topological polar surface area (TPSA) is 67.9 Å². The number of ether oxygens (including phenoxy) is 2. The molecule has 0 radical (unpaired) electrons. The first-order valence-corrected chi connectivity index (χ1v) is 12.5. The lowest BCUT2D eigenvalue weighted by Crippen LogP contribution is -2.47. The molecule has 0 aliphatic heterocycles. The van der Waals surface area contributed by atoms with Crippen LogP contribution in [0.1, 0.15) is 102 Å². The fourth-order valence-electron chi connectivity index (χ4n) is 4.26. The van der Waals surface area contributed by atoms with Gasteiger partial charge in [-0.1, -0.05) is 48.5 Å². The molecule has 1 N–H and O–H groups in total. The molecule has 0 heterocycles. The summed E-state index contributed by atoms with van der Waals surface area (Å²) in [4.78, 5) is 26.1. The van der Waals surface area contributed by atoms with Crippen molar-refractivity contribution in [2.45, 2.75) is 119 Å². The Morgan fingerprint density at radius 2 is 1.48 bits per heavy atom. The number of Topliss-reactive ketones (excluding diaryl/α,β-unsaturated/α-hetero) is 1. The molecule has 1 atom stereocenters. The highest BCUT2D eigenvalue weighted by molar-refractivity contribution is 5.77. The van der Waals surface area contributed by atoms with Gasteiger partial charge in [-0.05, 0) is 46.0 Å². The van der Waals surface area contributed by atoms with Gasteiger partial charge in [0, 0.05) is 43.6 Å². The summed E-state index contributed by atoms with van der Waals surface area (Å²) in [5.41, 5.74) is -0.847. The second-order valence-corrected chi connectivity index (χ2v) is 12.7. The average molecular weight is 471 g/mol. The number of carbonyl (C=O) groups excluding carboxylic acids is 2. The van der Waals surface area contributed by atoms with Crippen molar-refractivity contribution >= 4 is 11.7 Å². The molecule has 0 saturated carbocycles. The van der Waals surface area contributed by atoms with Crippen LogP contribution in [0.25, 0.3) is 0 Å². The van der Waals surface area contributed by atoms with Crippen molar-refractivity contribution in [1.82, 2.24) is 10.2 Å². The SMILES string of the molecule is CCC(C)(CCOC(C)(C)CC(=O)N(C)CC(C)(C)COCC(C)(C)CC(C)=O)NC(C)C. The number of rotatable bonds is 17. The van der Waals surface area contributed by atoms with E-state index in [0.717, 1.165) is 12.8 Å². The first-order valence-electron chi connectivity index (χ1n) is 12.5. The fraction of sp³-hybridized carbons (Fsp3) is 0.926.